The Morgan fingerprint density at radius 3 is 2.47 bits per heavy atom. The zero-order valence-electron chi connectivity index (χ0n) is 9.93. The molecule has 1 saturated heterocycles. The van der Waals surface area contributed by atoms with E-state index < -0.39 is 0 Å². The first kappa shape index (κ1) is 17.0. The van der Waals surface area contributed by atoms with Gasteiger partial charge in [-0.2, -0.15) is 0 Å². The van der Waals surface area contributed by atoms with E-state index in [4.69, 9.17) is 11.6 Å². The molecule has 0 atom stereocenters. The van der Waals surface area contributed by atoms with Gasteiger partial charge in [0.1, 0.15) is 5.15 Å². The summed E-state index contributed by atoms with van der Waals surface area (Å²) in [5.41, 5.74) is 1.26. The SMILES string of the molecule is CC1CCN(Cc2ccc(Cl)nc2)CC1.Cl.Cl. The first-order valence-corrected chi connectivity index (χ1v) is 5.94. The Kier molecular flexibility index (Phi) is 8.14. The van der Waals surface area contributed by atoms with Crippen molar-refractivity contribution < 1.29 is 0 Å². The summed E-state index contributed by atoms with van der Waals surface area (Å²) in [5, 5.41) is 0.575. The van der Waals surface area contributed by atoms with Gasteiger partial charge in [0.2, 0.25) is 0 Å². The number of aromatic nitrogens is 1. The molecule has 0 amide bonds. The Hall–Kier alpha value is -0.0200. The van der Waals surface area contributed by atoms with E-state index in [0.717, 1.165) is 12.5 Å². The van der Waals surface area contributed by atoms with Crippen molar-refractivity contribution in [3.63, 3.8) is 0 Å². The fourth-order valence-electron chi connectivity index (χ4n) is 1.98. The van der Waals surface area contributed by atoms with Gasteiger partial charge in [0, 0.05) is 12.7 Å². The van der Waals surface area contributed by atoms with Gasteiger partial charge < -0.3 is 0 Å². The molecule has 0 bridgehead atoms. The lowest BCUT2D eigenvalue weighted by Gasteiger charge is -2.30. The number of hydrogen-bond acceptors (Lipinski definition) is 2. The summed E-state index contributed by atoms with van der Waals surface area (Å²) < 4.78 is 0. The minimum absolute atomic E-state index is 0. The zero-order valence-corrected chi connectivity index (χ0v) is 12.3. The molecule has 98 valence electrons. The second kappa shape index (κ2) is 8.15. The maximum atomic E-state index is 5.75. The van der Waals surface area contributed by atoms with Gasteiger partial charge in [-0.3, -0.25) is 4.90 Å². The van der Waals surface area contributed by atoms with Crippen LogP contribution in [0.25, 0.3) is 0 Å². The molecule has 1 aliphatic heterocycles. The van der Waals surface area contributed by atoms with E-state index in [1.54, 1.807) is 0 Å². The Balaban J connectivity index is 0.00000128. The molecule has 5 heteroatoms. The molecule has 17 heavy (non-hydrogen) atoms. The number of pyridine rings is 1. The number of hydrogen-bond donors (Lipinski definition) is 0. The maximum Gasteiger partial charge on any atom is 0.129 e. The van der Waals surface area contributed by atoms with E-state index >= 15 is 0 Å². The average Bonchev–Trinajstić information content (AvgIpc) is 2.25. The molecule has 0 aromatic carbocycles. The number of piperidine rings is 1. The van der Waals surface area contributed by atoms with Crippen LogP contribution in [0.1, 0.15) is 25.3 Å². The van der Waals surface area contributed by atoms with E-state index in [2.05, 4.69) is 22.9 Å². The highest BCUT2D eigenvalue weighted by Crippen LogP contribution is 2.18. The van der Waals surface area contributed by atoms with E-state index in [9.17, 15) is 0 Å². The number of rotatable bonds is 2. The van der Waals surface area contributed by atoms with Crippen molar-refractivity contribution in [2.24, 2.45) is 5.92 Å². The second-order valence-corrected chi connectivity index (χ2v) is 4.84. The molecule has 1 aromatic rings. The highest BCUT2D eigenvalue weighted by molar-refractivity contribution is 6.29. The van der Waals surface area contributed by atoms with Gasteiger partial charge in [0.15, 0.2) is 0 Å². The molecule has 0 radical (unpaired) electrons. The normalized spacial score (nSPS) is 17.1. The van der Waals surface area contributed by atoms with Crippen molar-refractivity contribution in [2.45, 2.75) is 26.3 Å². The average molecular weight is 298 g/mol. The van der Waals surface area contributed by atoms with Crippen molar-refractivity contribution in [2.75, 3.05) is 13.1 Å². The minimum atomic E-state index is 0. The van der Waals surface area contributed by atoms with Crippen molar-refractivity contribution >= 4 is 36.4 Å². The van der Waals surface area contributed by atoms with Gasteiger partial charge in [-0.15, -0.1) is 24.8 Å². The molecule has 1 fully saturated rings. The fourth-order valence-corrected chi connectivity index (χ4v) is 2.09. The highest BCUT2D eigenvalue weighted by Gasteiger charge is 2.15. The van der Waals surface area contributed by atoms with Crippen molar-refractivity contribution in [1.82, 2.24) is 9.88 Å². The van der Waals surface area contributed by atoms with E-state index in [1.807, 2.05) is 12.3 Å². The molecule has 1 aromatic heterocycles. The summed E-state index contributed by atoms with van der Waals surface area (Å²) in [7, 11) is 0. The number of nitrogens with zero attached hydrogens (tertiary/aromatic N) is 2. The van der Waals surface area contributed by atoms with Crippen LogP contribution >= 0.6 is 36.4 Å². The van der Waals surface area contributed by atoms with Gasteiger partial charge >= 0.3 is 0 Å². The fraction of sp³-hybridized carbons (Fsp3) is 0.583. The number of halogens is 3. The highest BCUT2D eigenvalue weighted by atomic mass is 35.5. The summed E-state index contributed by atoms with van der Waals surface area (Å²) in [6.07, 6.45) is 4.52. The molecule has 2 nitrogen and oxygen atoms in total. The van der Waals surface area contributed by atoms with E-state index in [0.29, 0.717) is 5.15 Å². The van der Waals surface area contributed by atoms with Crippen LogP contribution < -0.4 is 0 Å². The first-order valence-electron chi connectivity index (χ1n) is 5.57. The predicted molar refractivity (Wildman–Crippen MR) is 77.4 cm³/mol. The van der Waals surface area contributed by atoms with Gasteiger partial charge in [-0.05, 0) is 43.5 Å². The smallest absolute Gasteiger partial charge is 0.129 e. The largest absolute Gasteiger partial charge is 0.299 e. The molecular formula is C12H19Cl3N2. The van der Waals surface area contributed by atoms with Gasteiger partial charge in [0.05, 0.1) is 0 Å². The summed E-state index contributed by atoms with van der Waals surface area (Å²) in [6.45, 7) is 5.77. The summed E-state index contributed by atoms with van der Waals surface area (Å²) in [6, 6.07) is 3.93. The number of likely N-dealkylation sites (tertiary alicyclic amines) is 1. The van der Waals surface area contributed by atoms with Crippen LogP contribution in [0.5, 0.6) is 0 Å². The van der Waals surface area contributed by atoms with Crippen LogP contribution in [-0.2, 0) is 6.54 Å². The lowest BCUT2D eigenvalue weighted by molar-refractivity contribution is 0.185. The van der Waals surface area contributed by atoms with Crippen molar-refractivity contribution in [3.8, 4) is 0 Å². The standard InChI is InChI=1S/C12H17ClN2.2ClH/c1-10-4-6-15(7-5-10)9-11-2-3-12(13)14-8-11;;/h2-3,8,10H,4-7,9H2,1H3;2*1H. The van der Waals surface area contributed by atoms with Gasteiger partial charge in [-0.25, -0.2) is 4.98 Å². The molecule has 0 unspecified atom stereocenters. The lowest BCUT2D eigenvalue weighted by atomic mass is 9.99. The second-order valence-electron chi connectivity index (χ2n) is 4.45. The van der Waals surface area contributed by atoms with Gasteiger partial charge in [-0.1, -0.05) is 24.6 Å². The Bertz CT molecular complexity index is 308. The van der Waals surface area contributed by atoms with Crippen molar-refractivity contribution in [3.05, 3.63) is 29.0 Å². The third-order valence-electron chi connectivity index (χ3n) is 3.07. The van der Waals surface area contributed by atoms with Crippen LogP contribution in [0, 0.1) is 5.92 Å². The third kappa shape index (κ3) is 5.43. The van der Waals surface area contributed by atoms with Crippen LogP contribution in [-0.4, -0.2) is 23.0 Å². The van der Waals surface area contributed by atoms with Crippen LogP contribution in [0.4, 0.5) is 0 Å². The summed E-state index contributed by atoms with van der Waals surface area (Å²) in [4.78, 5) is 6.59. The van der Waals surface area contributed by atoms with Crippen LogP contribution in [0.3, 0.4) is 0 Å². The molecule has 0 N–H and O–H groups in total. The Labute approximate surface area is 121 Å². The molecule has 0 spiro atoms. The molecule has 2 rings (SSSR count). The molecule has 1 aliphatic rings. The van der Waals surface area contributed by atoms with Crippen LogP contribution in [0.2, 0.25) is 5.15 Å². The Morgan fingerprint density at radius 2 is 1.94 bits per heavy atom. The van der Waals surface area contributed by atoms with E-state index in [-0.39, 0.29) is 24.8 Å². The Morgan fingerprint density at radius 1 is 1.29 bits per heavy atom. The quantitative estimate of drug-likeness (QED) is 0.772. The zero-order chi connectivity index (χ0) is 10.7. The van der Waals surface area contributed by atoms with E-state index in [1.165, 1.54) is 31.5 Å². The van der Waals surface area contributed by atoms with Crippen LogP contribution in [0.15, 0.2) is 18.3 Å². The molecule has 0 aliphatic carbocycles. The topological polar surface area (TPSA) is 16.1 Å². The minimum Gasteiger partial charge on any atom is -0.299 e. The summed E-state index contributed by atoms with van der Waals surface area (Å²) in [5.74, 6) is 0.893. The summed E-state index contributed by atoms with van der Waals surface area (Å²) >= 11 is 5.75. The molecular weight excluding hydrogens is 279 g/mol. The van der Waals surface area contributed by atoms with Gasteiger partial charge in [0.25, 0.3) is 0 Å². The maximum absolute atomic E-state index is 5.75. The first-order chi connectivity index (χ1) is 7.24. The third-order valence-corrected chi connectivity index (χ3v) is 3.29. The predicted octanol–water partition coefficient (Wildman–Crippen LogP) is 3.81. The monoisotopic (exact) mass is 296 g/mol. The van der Waals surface area contributed by atoms with Crippen molar-refractivity contribution in [1.29, 1.82) is 0 Å². The molecule has 0 saturated carbocycles. The lowest BCUT2D eigenvalue weighted by Crippen LogP contribution is -2.32. The molecule has 2 heterocycles.